The molecule has 0 spiro atoms. The Hall–Kier alpha value is -1.90. The molecule has 0 radical (unpaired) electrons. The average Bonchev–Trinajstić information content (AvgIpc) is 2.65. The lowest BCUT2D eigenvalue weighted by molar-refractivity contribution is 0.424. The second-order valence-electron chi connectivity index (χ2n) is 8.06. The van der Waals surface area contributed by atoms with E-state index in [1.165, 1.54) is 82.6 Å². The van der Waals surface area contributed by atoms with Crippen molar-refractivity contribution in [2.45, 2.75) is 83.1 Å². The third-order valence-corrected chi connectivity index (χ3v) is 6.06. The topological polar surface area (TPSA) is 36.8 Å². The molecule has 0 aromatic carbocycles. The highest BCUT2D eigenvalue weighted by Gasteiger charge is 2.24. The van der Waals surface area contributed by atoms with Crippen molar-refractivity contribution in [2.24, 2.45) is 15.9 Å². The minimum absolute atomic E-state index is 0.432. The Morgan fingerprint density at radius 3 is 2.15 bits per heavy atom. The lowest BCUT2D eigenvalue weighted by atomic mass is 9.82. The second-order valence-corrected chi connectivity index (χ2v) is 8.06. The maximum atomic E-state index is 5.16. The van der Waals surface area contributed by atoms with Gasteiger partial charge in [0.15, 0.2) is 0 Å². The predicted molar refractivity (Wildman–Crippen MR) is 117 cm³/mol. The third-order valence-electron chi connectivity index (χ3n) is 6.06. The first kappa shape index (κ1) is 19.9. The Balaban J connectivity index is 1.93. The number of aliphatic imine (C=N–C) groups is 2. The number of allylic oxidation sites excluding steroid dienone is 4. The summed E-state index contributed by atoms with van der Waals surface area (Å²) in [5.74, 6) is 0.633. The van der Waals surface area contributed by atoms with Crippen LogP contribution < -0.4 is 5.32 Å². The van der Waals surface area contributed by atoms with Gasteiger partial charge in [0.1, 0.15) is 5.71 Å². The van der Waals surface area contributed by atoms with Crippen molar-refractivity contribution in [3.8, 4) is 0 Å². The molecule has 2 saturated carbocycles. The van der Waals surface area contributed by atoms with E-state index in [0.29, 0.717) is 12.0 Å². The number of rotatable bonds is 5. The molecule has 2 fully saturated rings. The van der Waals surface area contributed by atoms with Crippen LogP contribution in [0, 0.1) is 5.92 Å². The number of hydrogen-bond donors (Lipinski definition) is 1. The van der Waals surface area contributed by atoms with E-state index in [-0.39, 0.29) is 0 Å². The standard InChI is InChI=1S/C24H35N3/c1-3-25-22-17-20(19-13-9-6-5-7-10-14-19)18-23(24(22)26-4-2)27-21-15-11-8-12-16-21/h3-4,17-19,21,25H,1-2,5-16H2. The van der Waals surface area contributed by atoms with Crippen LogP contribution in [0.4, 0.5) is 0 Å². The van der Waals surface area contributed by atoms with Gasteiger partial charge in [-0.05, 0) is 55.5 Å². The largest absolute Gasteiger partial charge is 0.360 e. The van der Waals surface area contributed by atoms with Crippen LogP contribution in [0.1, 0.15) is 77.0 Å². The summed E-state index contributed by atoms with van der Waals surface area (Å²) in [4.78, 5) is 9.73. The molecule has 3 aliphatic rings. The summed E-state index contributed by atoms with van der Waals surface area (Å²) in [7, 11) is 0. The first-order valence-electron chi connectivity index (χ1n) is 10.9. The van der Waals surface area contributed by atoms with Crippen molar-refractivity contribution in [1.82, 2.24) is 5.32 Å². The molecule has 0 atom stereocenters. The Morgan fingerprint density at radius 2 is 1.48 bits per heavy atom. The van der Waals surface area contributed by atoms with E-state index in [1.807, 2.05) is 0 Å². The van der Waals surface area contributed by atoms with Crippen LogP contribution in [0.5, 0.6) is 0 Å². The SMILES string of the molecule is C=CN=C1C(NC=C)=CC(C2CCCCCCC2)=CC1=NC1CCCCC1. The Morgan fingerprint density at radius 1 is 0.852 bits per heavy atom. The first-order valence-corrected chi connectivity index (χ1v) is 10.9. The van der Waals surface area contributed by atoms with Crippen LogP contribution in [0.15, 0.2) is 59.0 Å². The van der Waals surface area contributed by atoms with Crippen molar-refractivity contribution in [1.29, 1.82) is 0 Å². The van der Waals surface area contributed by atoms with Crippen LogP contribution in [0.25, 0.3) is 0 Å². The van der Waals surface area contributed by atoms with E-state index in [0.717, 1.165) is 17.1 Å². The first-order chi connectivity index (χ1) is 13.3. The summed E-state index contributed by atoms with van der Waals surface area (Å²) in [5.41, 5.74) is 4.37. The van der Waals surface area contributed by atoms with Crippen LogP contribution in [0.3, 0.4) is 0 Å². The van der Waals surface area contributed by atoms with Crippen molar-refractivity contribution < 1.29 is 0 Å². The van der Waals surface area contributed by atoms with Gasteiger partial charge in [-0.15, -0.1) is 0 Å². The molecule has 27 heavy (non-hydrogen) atoms. The van der Waals surface area contributed by atoms with Gasteiger partial charge in [-0.25, -0.2) is 0 Å². The van der Waals surface area contributed by atoms with E-state index < -0.39 is 0 Å². The minimum atomic E-state index is 0.432. The van der Waals surface area contributed by atoms with E-state index in [9.17, 15) is 0 Å². The Labute approximate surface area is 165 Å². The molecule has 0 aliphatic heterocycles. The van der Waals surface area contributed by atoms with Crippen LogP contribution in [-0.2, 0) is 0 Å². The fourth-order valence-electron chi connectivity index (χ4n) is 4.62. The Kier molecular flexibility index (Phi) is 7.67. The zero-order valence-electron chi connectivity index (χ0n) is 16.8. The molecular formula is C24H35N3. The van der Waals surface area contributed by atoms with Crippen LogP contribution in [0.2, 0.25) is 0 Å². The van der Waals surface area contributed by atoms with E-state index in [2.05, 4.69) is 35.6 Å². The van der Waals surface area contributed by atoms with Gasteiger partial charge in [-0.3, -0.25) is 9.98 Å². The Bertz CT molecular complexity index is 637. The smallest absolute Gasteiger partial charge is 0.112 e. The lowest BCUT2D eigenvalue weighted by Gasteiger charge is -2.26. The molecule has 146 valence electrons. The molecule has 3 heteroatoms. The van der Waals surface area contributed by atoms with Crippen molar-refractivity contribution in [3.05, 3.63) is 49.0 Å². The molecular weight excluding hydrogens is 330 g/mol. The normalized spacial score (nSPS) is 26.1. The zero-order chi connectivity index (χ0) is 18.9. The third kappa shape index (κ3) is 5.54. The molecule has 3 rings (SSSR count). The maximum absolute atomic E-state index is 5.16. The van der Waals surface area contributed by atoms with Crippen molar-refractivity contribution in [3.63, 3.8) is 0 Å². The zero-order valence-corrected chi connectivity index (χ0v) is 16.8. The van der Waals surface area contributed by atoms with Gasteiger partial charge in [-0.2, -0.15) is 0 Å². The van der Waals surface area contributed by atoms with Gasteiger partial charge in [0.2, 0.25) is 0 Å². The molecule has 1 N–H and O–H groups in total. The van der Waals surface area contributed by atoms with Crippen molar-refractivity contribution in [2.75, 3.05) is 0 Å². The van der Waals surface area contributed by atoms with Gasteiger partial charge < -0.3 is 5.32 Å². The summed E-state index contributed by atoms with van der Waals surface area (Å²) in [5, 5.41) is 3.31. The molecule has 0 amide bonds. The van der Waals surface area contributed by atoms with Gasteiger partial charge in [-0.1, -0.05) is 64.5 Å². The van der Waals surface area contributed by atoms with Crippen molar-refractivity contribution >= 4 is 11.4 Å². The lowest BCUT2D eigenvalue weighted by Crippen LogP contribution is -2.29. The molecule has 0 aromatic rings. The molecule has 0 aromatic heterocycles. The second kappa shape index (κ2) is 10.4. The molecule has 3 aliphatic carbocycles. The number of nitrogens with zero attached hydrogens (tertiary/aromatic N) is 2. The summed E-state index contributed by atoms with van der Waals surface area (Å²) in [6, 6.07) is 0.432. The quantitative estimate of drug-likeness (QED) is 0.573. The maximum Gasteiger partial charge on any atom is 0.112 e. The van der Waals surface area contributed by atoms with E-state index in [4.69, 9.17) is 4.99 Å². The number of hydrogen-bond acceptors (Lipinski definition) is 3. The molecule has 0 unspecified atom stereocenters. The van der Waals surface area contributed by atoms with Crippen LogP contribution >= 0.6 is 0 Å². The summed E-state index contributed by atoms with van der Waals surface area (Å²) in [6.07, 6.45) is 23.7. The monoisotopic (exact) mass is 365 g/mol. The molecule has 0 saturated heterocycles. The summed E-state index contributed by atoms with van der Waals surface area (Å²) in [6.45, 7) is 7.68. The molecule has 0 heterocycles. The number of nitrogens with one attached hydrogen (secondary N) is 1. The fourth-order valence-corrected chi connectivity index (χ4v) is 4.62. The van der Waals surface area contributed by atoms with Crippen LogP contribution in [-0.4, -0.2) is 17.5 Å². The average molecular weight is 366 g/mol. The molecule has 0 bridgehead atoms. The van der Waals surface area contributed by atoms with Gasteiger partial charge in [0.05, 0.1) is 17.5 Å². The highest BCUT2D eigenvalue weighted by molar-refractivity contribution is 6.53. The minimum Gasteiger partial charge on any atom is -0.360 e. The highest BCUT2D eigenvalue weighted by atomic mass is 14.9. The predicted octanol–water partition coefficient (Wildman–Crippen LogP) is 6.26. The fraction of sp³-hybridized carbons (Fsp3) is 0.583. The summed E-state index contributed by atoms with van der Waals surface area (Å²) < 4.78 is 0. The van der Waals surface area contributed by atoms with E-state index >= 15 is 0 Å². The highest BCUT2D eigenvalue weighted by Crippen LogP contribution is 2.32. The van der Waals surface area contributed by atoms with Gasteiger partial charge in [0.25, 0.3) is 0 Å². The van der Waals surface area contributed by atoms with Gasteiger partial charge in [0, 0.05) is 6.20 Å². The van der Waals surface area contributed by atoms with Gasteiger partial charge >= 0.3 is 0 Å². The van der Waals surface area contributed by atoms with E-state index in [1.54, 1.807) is 12.4 Å². The molecule has 3 nitrogen and oxygen atoms in total. The summed E-state index contributed by atoms with van der Waals surface area (Å²) >= 11 is 0.